The van der Waals surface area contributed by atoms with Crippen LogP contribution in [0.3, 0.4) is 0 Å². The van der Waals surface area contributed by atoms with Crippen molar-refractivity contribution in [1.82, 2.24) is 4.90 Å². The van der Waals surface area contributed by atoms with Crippen molar-refractivity contribution in [3.63, 3.8) is 0 Å². The first kappa shape index (κ1) is 28.0. The average Bonchev–Trinajstić information content (AvgIpc) is 3.43. The summed E-state index contributed by atoms with van der Waals surface area (Å²) in [6, 6.07) is 24.7. The van der Waals surface area contributed by atoms with Gasteiger partial charge in [0.2, 0.25) is 6.79 Å². The molecule has 0 amide bonds. The van der Waals surface area contributed by atoms with Crippen LogP contribution in [0, 0.1) is 0 Å². The summed E-state index contributed by atoms with van der Waals surface area (Å²) >= 11 is 3.67. The van der Waals surface area contributed by atoms with Gasteiger partial charge < -0.3 is 33.3 Å². The van der Waals surface area contributed by atoms with Crippen LogP contribution in [0.2, 0.25) is 0 Å². The molecule has 2 aliphatic rings. The molecular weight excluding hydrogens is 623 g/mol. The molecule has 0 fully saturated rings. The van der Waals surface area contributed by atoms with Gasteiger partial charge in [0, 0.05) is 17.4 Å². The van der Waals surface area contributed by atoms with Crippen molar-refractivity contribution in [3.05, 3.63) is 106 Å². The molecule has 0 bridgehead atoms. The fourth-order valence-electron chi connectivity index (χ4n) is 5.01. The Morgan fingerprint density at radius 2 is 1.60 bits per heavy atom. The van der Waals surface area contributed by atoms with E-state index in [9.17, 15) is 9.67 Å². The quantitative estimate of drug-likeness (QED) is 0.194. The number of phenols is 1. The maximum Gasteiger partial charge on any atom is 0.564 e. The number of ether oxygens (including phenoxy) is 3. The Bertz CT molecular complexity index is 1640. The van der Waals surface area contributed by atoms with Crippen molar-refractivity contribution in [2.75, 3.05) is 13.9 Å². The molecule has 1 atom stereocenters. The van der Waals surface area contributed by atoms with E-state index in [1.807, 2.05) is 42.2 Å². The molecule has 216 valence electrons. The Morgan fingerprint density at radius 1 is 0.976 bits per heavy atom. The highest BCUT2D eigenvalue weighted by atomic mass is 79.9. The second-order valence-corrected chi connectivity index (χ2v) is 12.2. The minimum atomic E-state index is -4.16. The van der Waals surface area contributed by atoms with Gasteiger partial charge in [0.1, 0.15) is 17.3 Å². The lowest BCUT2D eigenvalue weighted by Crippen LogP contribution is -2.39. The van der Waals surface area contributed by atoms with E-state index in [1.165, 1.54) is 7.11 Å². The molecule has 42 heavy (non-hydrogen) atoms. The van der Waals surface area contributed by atoms with Crippen molar-refractivity contribution < 1.29 is 32.9 Å². The number of benzene rings is 4. The predicted molar refractivity (Wildman–Crippen MR) is 162 cm³/mol. The van der Waals surface area contributed by atoms with Gasteiger partial charge in [0.25, 0.3) is 0 Å². The van der Waals surface area contributed by atoms with E-state index in [0.29, 0.717) is 41.1 Å². The van der Waals surface area contributed by atoms with E-state index in [2.05, 4.69) is 15.9 Å². The number of para-hydroxylation sites is 2. The topological polar surface area (TPSA) is 99.1 Å². The van der Waals surface area contributed by atoms with Gasteiger partial charge in [-0.15, -0.1) is 4.76 Å². The van der Waals surface area contributed by atoms with Gasteiger partial charge in [0.15, 0.2) is 23.0 Å². The van der Waals surface area contributed by atoms with E-state index >= 15 is 0 Å². The van der Waals surface area contributed by atoms with E-state index in [0.717, 1.165) is 21.2 Å². The second-order valence-electron chi connectivity index (χ2n) is 9.79. The third-order valence-corrected chi connectivity index (χ3v) is 9.18. The number of fused-ring (bicyclic) bond motifs is 2. The zero-order chi connectivity index (χ0) is 29.3. The molecule has 4 aromatic carbocycles. The summed E-state index contributed by atoms with van der Waals surface area (Å²) in [6.45, 7) is 2.56. The lowest BCUT2D eigenvalue weighted by Gasteiger charge is -2.38. The fraction of sp³-hybridized carbons (Fsp3) is 0.194. The molecule has 11 heteroatoms. The monoisotopic (exact) mass is 650 g/mol. The molecular formula is C31H28BrN2O7P. The van der Waals surface area contributed by atoms with Gasteiger partial charge in [-0.05, 0) is 72.1 Å². The molecule has 0 spiro atoms. The zero-order valence-corrected chi connectivity index (χ0v) is 25.4. The molecule has 6 rings (SSSR count). The summed E-state index contributed by atoms with van der Waals surface area (Å²) in [5, 5.41) is 10.6. The number of aromatic hydroxyl groups is 1. The SMILES string of the molecule is COc1cc2c(cc1O)C/C(=N/P(=O)(Oc1ccccc1)Oc1ccccc1)N(Cc1cc3c(cc1Br)OCO3)C2C. The second kappa shape index (κ2) is 11.6. The average molecular weight is 651 g/mol. The number of phenolic OH excluding ortho intramolecular Hbond substituents is 1. The van der Waals surface area contributed by atoms with Crippen LogP contribution in [0.25, 0.3) is 0 Å². The zero-order valence-electron chi connectivity index (χ0n) is 22.9. The maximum atomic E-state index is 14.5. The van der Waals surface area contributed by atoms with Crippen molar-refractivity contribution in [1.29, 1.82) is 0 Å². The fourth-order valence-corrected chi connectivity index (χ4v) is 6.82. The van der Waals surface area contributed by atoms with E-state index in [1.54, 1.807) is 54.6 Å². The highest BCUT2D eigenvalue weighted by Gasteiger charge is 2.36. The molecule has 0 aliphatic carbocycles. The largest absolute Gasteiger partial charge is 0.564 e. The van der Waals surface area contributed by atoms with Crippen molar-refractivity contribution in [2.24, 2.45) is 4.76 Å². The number of rotatable bonds is 8. The number of hydrogen-bond acceptors (Lipinski definition) is 7. The first-order chi connectivity index (χ1) is 20.3. The van der Waals surface area contributed by atoms with Crippen LogP contribution in [0.4, 0.5) is 0 Å². The van der Waals surface area contributed by atoms with Crippen LogP contribution >= 0.6 is 23.7 Å². The Hall–Kier alpha value is -4.14. The van der Waals surface area contributed by atoms with Gasteiger partial charge in [-0.25, -0.2) is 4.57 Å². The lowest BCUT2D eigenvalue weighted by atomic mass is 9.91. The van der Waals surface area contributed by atoms with E-state index in [-0.39, 0.29) is 25.0 Å². The third-order valence-electron chi connectivity index (χ3n) is 7.09. The van der Waals surface area contributed by atoms with Crippen molar-refractivity contribution in [2.45, 2.75) is 25.9 Å². The number of nitrogens with zero attached hydrogens (tertiary/aromatic N) is 2. The van der Waals surface area contributed by atoms with Gasteiger partial charge in [0.05, 0.1) is 13.2 Å². The third kappa shape index (κ3) is 5.78. The van der Waals surface area contributed by atoms with Gasteiger partial charge in [-0.3, -0.25) is 0 Å². The van der Waals surface area contributed by atoms with Gasteiger partial charge >= 0.3 is 7.75 Å². The molecule has 0 saturated heterocycles. The standard InChI is InChI=1S/C31H28BrN2O7P/c1-20-25-16-28(37-2)27(35)13-21(25)15-31(34(20)18-22-14-29-30(17-26(22)32)39-19-38-29)33-42(36,40-23-9-5-3-6-10-23)41-24-11-7-4-8-12-24/h3-14,16-17,20,35H,15,18-19H2,1-2H3/b33-31-. The van der Waals surface area contributed by atoms with Gasteiger partial charge in [-0.2, -0.15) is 0 Å². The Kier molecular flexibility index (Phi) is 7.75. The summed E-state index contributed by atoms with van der Waals surface area (Å²) in [5.41, 5.74) is 2.69. The molecule has 1 unspecified atom stereocenters. The molecule has 0 radical (unpaired) electrons. The predicted octanol–water partition coefficient (Wildman–Crippen LogP) is 7.68. The van der Waals surface area contributed by atoms with Crippen molar-refractivity contribution in [3.8, 4) is 34.5 Å². The molecule has 0 saturated carbocycles. The summed E-state index contributed by atoms with van der Waals surface area (Å²) in [6.07, 6.45) is 0.264. The Morgan fingerprint density at radius 3 is 2.21 bits per heavy atom. The molecule has 1 N–H and O–H groups in total. The van der Waals surface area contributed by atoms with E-state index in [4.69, 9.17) is 28.0 Å². The molecule has 4 aromatic rings. The van der Waals surface area contributed by atoms with Crippen LogP contribution < -0.4 is 23.3 Å². The smallest absolute Gasteiger partial charge is 0.504 e. The van der Waals surface area contributed by atoms with Crippen LogP contribution in [-0.2, 0) is 17.5 Å². The number of amidine groups is 1. The summed E-state index contributed by atoms with van der Waals surface area (Å²) in [4.78, 5) is 2.04. The molecule has 2 heterocycles. The number of halogens is 1. The maximum absolute atomic E-state index is 14.5. The summed E-state index contributed by atoms with van der Waals surface area (Å²) < 4.78 is 48.5. The van der Waals surface area contributed by atoms with Crippen LogP contribution in [0.1, 0.15) is 29.7 Å². The normalized spacial score (nSPS) is 16.7. The number of methoxy groups -OCH3 is 1. The highest BCUT2D eigenvalue weighted by Crippen LogP contribution is 2.52. The van der Waals surface area contributed by atoms with Crippen LogP contribution in [0.5, 0.6) is 34.5 Å². The first-order valence-corrected chi connectivity index (χ1v) is 15.5. The Labute approximate surface area is 252 Å². The molecule has 2 aliphatic heterocycles. The van der Waals surface area contributed by atoms with Gasteiger partial charge in [-0.1, -0.05) is 52.3 Å². The lowest BCUT2D eigenvalue weighted by molar-refractivity contribution is 0.174. The summed E-state index contributed by atoms with van der Waals surface area (Å²) in [7, 11) is -2.65. The first-order valence-electron chi connectivity index (χ1n) is 13.2. The Balaban J connectivity index is 1.46. The highest BCUT2D eigenvalue weighted by molar-refractivity contribution is 9.10. The number of hydrogen-bond donors (Lipinski definition) is 1. The van der Waals surface area contributed by atoms with Crippen molar-refractivity contribution >= 4 is 29.5 Å². The van der Waals surface area contributed by atoms with Crippen LogP contribution in [0.15, 0.2) is 94.2 Å². The summed E-state index contributed by atoms with van der Waals surface area (Å²) in [5.74, 6) is 2.88. The minimum Gasteiger partial charge on any atom is -0.504 e. The van der Waals surface area contributed by atoms with E-state index < -0.39 is 7.75 Å². The van der Waals surface area contributed by atoms with Crippen LogP contribution in [-0.4, -0.2) is 29.7 Å². The molecule has 0 aromatic heterocycles. The molecule has 9 nitrogen and oxygen atoms in total. The minimum absolute atomic E-state index is 0.0130.